The molecule has 2 aromatic rings. The minimum absolute atomic E-state index is 0.0903. The summed E-state index contributed by atoms with van der Waals surface area (Å²) in [5, 5.41) is 6.23. The molecule has 6 heteroatoms. The van der Waals surface area contributed by atoms with Gasteiger partial charge in [-0.25, -0.2) is 4.39 Å². The lowest BCUT2D eigenvalue weighted by Gasteiger charge is -2.01. The van der Waals surface area contributed by atoms with Crippen LogP contribution >= 0.6 is 0 Å². The first-order valence-electron chi connectivity index (χ1n) is 5.45. The summed E-state index contributed by atoms with van der Waals surface area (Å²) >= 11 is 0. The van der Waals surface area contributed by atoms with E-state index in [2.05, 4.69) is 15.5 Å². The highest BCUT2D eigenvalue weighted by atomic mass is 19.1. The summed E-state index contributed by atoms with van der Waals surface area (Å²) in [4.78, 5) is 15.3. The van der Waals surface area contributed by atoms with E-state index in [1.54, 1.807) is 6.07 Å². The second-order valence-electron chi connectivity index (χ2n) is 4.08. The molecule has 1 N–H and O–H groups in total. The Bertz CT molecular complexity index is 566. The summed E-state index contributed by atoms with van der Waals surface area (Å²) < 4.78 is 18.2. The first kappa shape index (κ1) is 12.2. The fourth-order valence-corrected chi connectivity index (χ4v) is 1.36. The molecule has 0 saturated carbocycles. The maximum absolute atomic E-state index is 13.3. The van der Waals surface area contributed by atoms with Crippen LogP contribution in [0.25, 0.3) is 0 Å². The van der Waals surface area contributed by atoms with Crippen molar-refractivity contribution < 1.29 is 13.7 Å². The highest BCUT2D eigenvalue weighted by Gasteiger charge is 2.14. The number of halogens is 1. The van der Waals surface area contributed by atoms with Crippen LogP contribution in [0.15, 0.2) is 29.0 Å². The summed E-state index contributed by atoms with van der Waals surface area (Å²) in [6, 6.07) is 2.91. The summed E-state index contributed by atoms with van der Waals surface area (Å²) in [6.07, 6.45) is 2.33. The van der Waals surface area contributed by atoms with Gasteiger partial charge in [-0.3, -0.25) is 15.1 Å². The zero-order valence-electron chi connectivity index (χ0n) is 9.98. The number of rotatable bonds is 3. The highest BCUT2D eigenvalue weighted by Crippen LogP contribution is 2.18. The third-order valence-electron chi connectivity index (χ3n) is 2.37. The van der Waals surface area contributed by atoms with Crippen LogP contribution in [0.2, 0.25) is 0 Å². The number of nitrogens with one attached hydrogen (secondary N) is 1. The average molecular weight is 249 g/mol. The Morgan fingerprint density at radius 1 is 1.50 bits per heavy atom. The molecule has 2 aromatic heterocycles. The van der Waals surface area contributed by atoms with E-state index in [-0.39, 0.29) is 17.4 Å². The number of anilines is 1. The van der Waals surface area contributed by atoms with Gasteiger partial charge in [0.05, 0.1) is 17.5 Å². The van der Waals surface area contributed by atoms with E-state index in [1.165, 1.54) is 12.3 Å². The molecular weight excluding hydrogens is 237 g/mol. The molecule has 0 aliphatic carbocycles. The maximum atomic E-state index is 13.3. The van der Waals surface area contributed by atoms with Gasteiger partial charge in [-0.1, -0.05) is 19.0 Å². The van der Waals surface area contributed by atoms with Gasteiger partial charge >= 0.3 is 0 Å². The number of amides is 1. The van der Waals surface area contributed by atoms with Gasteiger partial charge in [0.1, 0.15) is 0 Å². The first-order chi connectivity index (χ1) is 8.58. The second-order valence-corrected chi connectivity index (χ2v) is 4.08. The van der Waals surface area contributed by atoms with E-state index in [1.807, 2.05) is 13.8 Å². The molecule has 2 rings (SSSR count). The molecule has 0 bridgehead atoms. The van der Waals surface area contributed by atoms with Crippen LogP contribution in [-0.4, -0.2) is 16.0 Å². The smallest absolute Gasteiger partial charge is 0.261 e. The zero-order valence-corrected chi connectivity index (χ0v) is 9.98. The molecule has 1 amide bonds. The summed E-state index contributed by atoms with van der Waals surface area (Å²) in [5.41, 5.74) is 0.632. The standard InChI is InChI=1S/C12H12FN3O2/c1-7(2)10-5-11(18-16-10)15-12(17)8-3-4-14-6-9(8)13/h3-7H,1-2H3,(H,15,17). The molecule has 0 atom stereocenters. The van der Waals surface area contributed by atoms with Gasteiger partial charge in [0.2, 0.25) is 5.88 Å². The number of pyridine rings is 1. The van der Waals surface area contributed by atoms with Crippen LogP contribution in [0.4, 0.5) is 10.3 Å². The van der Waals surface area contributed by atoms with Gasteiger partial charge in [-0.15, -0.1) is 0 Å². The van der Waals surface area contributed by atoms with Crippen molar-refractivity contribution in [2.24, 2.45) is 0 Å². The number of aromatic nitrogens is 2. The van der Waals surface area contributed by atoms with E-state index < -0.39 is 11.7 Å². The van der Waals surface area contributed by atoms with Crippen molar-refractivity contribution in [2.45, 2.75) is 19.8 Å². The topological polar surface area (TPSA) is 68.0 Å². The fraction of sp³-hybridized carbons (Fsp3) is 0.250. The number of hydrogen-bond donors (Lipinski definition) is 1. The first-order valence-corrected chi connectivity index (χ1v) is 5.45. The molecule has 0 radical (unpaired) electrons. The Labute approximate surface area is 103 Å². The summed E-state index contributed by atoms with van der Waals surface area (Å²) in [6.45, 7) is 3.90. The number of carbonyl (C=O) groups is 1. The largest absolute Gasteiger partial charge is 0.338 e. The molecular formula is C12H12FN3O2. The average Bonchev–Trinajstić information content (AvgIpc) is 2.78. The molecule has 0 aromatic carbocycles. The van der Waals surface area contributed by atoms with Crippen molar-refractivity contribution in [1.82, 2.24) is 10.1 Å². The zero-order chi connectivity index (χ0) is 13.1. The second kappa shape index (κ2) is 4.95. The monoisotopic (exact) mass is 249 g/mol. The Hall–Kier alpha value is -2.24. The van der Waals surface area contributed by atoms with Crippen molar-refractivity contribution in [1.29, 1.82) is 0 Å². The van der Waals surface area contributed by atoms with E-state index in [9.17, 15) is 9.18 Å². The van der Waals surface area contributed by atoms with Crippen LogP contribution < -0.4 is 5.32 Å². The Kier molecular flexibility index (Phi) is 3.36. The van der Waals surface area contributed by atoms with Crippen LogP contribution in [0, 0.1) is 5.82 Å². The number of carbonyl (C=O) groups excluding carboxylic acids is 1. The van der Waals surface area contributed by atoms with Crippen molar-refractivity contribution in [3.8, 4) is 0 Å². The van der Waals surface area contributed by atoms with Crippen molar-refractivity contribution in [3.63, 3.8) is 0 Å². The molecule has 0 saturated heterocycles. The molecule has 5 nitrogen and oxygen atoms in total. The Balaban J connectivity index is 2.14. The van der Waals surface area contributed by atoms with Crippen LogP contribution in [0.3, 0.4) is 0 Å². The van der Waals surface area contributed by atoms with Crippen LogP contribution in [0.5, 0.6) is 0 Å². The fourth-order valence-electron chi connectivity index (χ4n) is 1.36. The highest BCUT2D eigenvalue weighted by molar-refractivity contribution is 6.03. The molecule has 94 valence electrons. The Morgan fingerprint density at radius 3 is 2.89 bits per heavy atom. The molecule has 0 aliphatic rings. The molecule has 2 heterocycles. The summed E-state index contributed by atoms with van der Waals surface area (Å²) in [5.74, 6) is -0.892. The van der Waals surface area contributed by atoms with Gasteiger partial charge in [0.25, 0.3) is 5.91 Å². The molecule has 0 unspecified atom stereocenters. The maximum Gasteiger partial charge on any atom is 0.261 e. The normalized spacial score (nSPS) is 10.7. The van der Waals surface area contributed by atoms with Gasteiger partial charge in [0, 0.05) is 12.3 Å². The van der Waals surface area contributed by atoms with E-state index >= 15 is 0 Å². The molecule has 18 heavy (non-hydrogen) atoms. The predicted molar refractivity (Wildman–Crippen MR) is 62.7 cm³/mol. The van der Waals surface area contributed by atoms with E-state index in [4.69, 9.17) is 4.52 Å². The predicted octanol–water partition coefficient (Wildman–Crippen LogP) is 2.58. The van der Waals surface area contributed by atoms with E-state index in [0.717, 1.165) is 11.9 Å². The lowest BCUT2D eigenvalue weighted by molar-refractivity contribution is 0.102. The molecule has 0 aliphatic heterocycles. The molecule has 0 fully saturated rings. The third kappa shape index (κ3) is 2.53. The van der Waals surface area contributed by atoms with Gasteiger partial charge in [-0.2, -0.15) is 0 Å². The van der Waals surface area contributed by atoms with Crippen molar-refractivity contribution in [3.05, 3.63) is 41.6 Å². The lowest BCUT2D eigenvalue weighted by atomic mass is 10.1. The minimum atomic E-state index is -0.682. The number of nitrogens with zero attached hydrogens (tertiary/aromatic N) is 2. The third-order valence-corrected chi connectivity index (χ3v) is 2.37. The molecule has 0 spiro atoms. The van der Waals surface area contributed by atoms with E-state index in [0.29, 0.717) is 0 Å². The van der Waals surface area contributed by atoms with Gasteiger partial charge in [-0.05, 0) is 12.0 Å². The van der Waals surface area contributed by atoms with Crippen molar-refractivity contribution in [2.75, 3.05) is 5.32 Å². The van der Waals surface area contributed by atoms with Gasteiger partial charge < -0.3 is 4.52 Å². The van der Waals surface area contributed by atoms with Crippen LogP contribution in [0.1, 0.15) is 35.8 Å². The lowest BCUT2D eigenvalue weighted by Crippen LogP contribution is -2.13. The van der Waals surface area contributed by atoms with Crippen molar-refractivity contribution >= 4 is 11.8 Å². The Morgan fingerprint density at radius 2 is 2.28 bits per heavy atom. The minimum Gasteiger partial charge on any atom is -0.338 e. The quantitative estimate of drug-likeness (QED) is 0.907. The SMILES string of the molecule is CC(C)c1cc(NC(=O)c2ccncc2F)on1. The van der Waals surface area contributed by atoms with Gasteiger partial charge in [0.15, 0.2) is 5.82 Å². The summed E-state index contributed by atoms with van der Waals surface area (Å²) in [7, 11) is 0. The van der Waals surface area contributed by atoms with Crippen LogP contribution in [-0.2, 0) is 0 Å². The number of hydrogen-bond acceptors (Lipinski definition) is 4.